The summed E-state index contributed by atoms with van der Waals surface area (Å²) in [5.74, 6) is 0.460. The van der Waals surface area contributed by atoms with Gasteiger partial charge in [-0.25, -0.2) is 9.38 Å². The molecule has 0 fully saturated rings. The van der Waals surface area contributed by atoms with Gasteiger partial charge in [-0.1, -0.05) is 18.2 Å². The Morgan fingerprint density at radius 2 is 1.75 bits per heavy atom. The Morgan fingerprint density at radius 1 is 1.00 bits per heavy atom. The molecule has 2 N–H and O–H groups in total. The van der Waals surface area contributed by atoms with Crippen LogP contribution in [0.3, 0.4) is 0 Å². The van der Waals surface area contributed by atoms with Crippen molar-refractivity contribution in [2.24, 2.45) is 4.99 Å². The molecular weight excluding hydrogens is 405 g/mol. The number of rotatable bonds is 10. The fraction of sp³-hybridized carbons (Fsp3) is 0.440. The highest BCUT2D eigenvalue weighted by atomic mass is 19.1. The lowest BCUT2D eigenvalue weighted by Gasteiger charge is -2.21. The van der Waals surface area contributed by atoms with Crippen molar-refractivity contribution in [3.8, 4) is 0 Å². The number of hydrogen-bond donors (Lipinski definition) is 2. The number of hydrogen-bond acceptors (Lipinski definition) is 3. The second-order valence-corrected chi connectivity index (χ2v) is 7.73. The van der Waals surface area contributed by atoms with Gasteiger partial charge in [-0.3, -0.25) is 4.79 Å². The number of anilines is 1. The summed E-state index contributed by atoms with van der Waals surface area (Å²) in [5.41, 5.74) is 3.21. The van der Waals surface area contributed by atoms with Crippen LogP contribution in [0.1, 0.15) is 42.3 Å². The summed E-state index contributed by atoms with van der Waals surface area (Å²) >= 11 is 0. The zero-order chi connectivity index (χ0) is 23.5. The van der Waals surface area contributed by atoms with Crippen LogP contribution in [-0.4, -0.2) is 57.0 Å². The first-order valence-corrected chi connectivity index (χ1v) is 11.3. The molecule has 174 valence electrons. The number of halogens is 1. The number of benzene rings is 2. The lowest BCUT2D eigenvalue weighted by molar-refractivity contribution is 0.0827. The molecule has 2 rings (SSSR count). The predicted molar refractivity (Wildman–Crippen MR) is 131 cm³/mol. The van der Waals surface area contributed by atoms with Crippen LogP contribution in [0.25, 0.3) is 0 Å². The highest BCUT2D eigenvalue weighted by Crippen LogP contribution is 2.20. The summed E-state index contributed by atoms with van der Waals surface area (Å²) in [4.78, 5) is 20.3. The molecule has 0 bridgehead atoms. The van der Waals surface area contributed by atoms with Crippen molar-refractivity contribution < 1.29 is 9.18 Å². The van der Waals surface area contributed by atoms with Crippen LogP contribution in [-0.2, 0) is 13.0 Å². The molecule has 2 aromatic carbocycles. The highest BCUT2D eigenvalue weighted by Gasteiger charge is 2.10. The Morgan fingerprint density at radius 3 is 2.38 bits per heavy atom. The van der Waals surface area contributed by atoms with E-state index in [0.717, 1.165) is 37.2 Å². The minimum absolute atomic E-state index is 0.00560. The third kappa shape index (κ3) is 7.25. The maximum absolute atomic E-state index is 14.5. The number of carbonyl (C=O) groups excluding carboxylic acids is 1. The van der Waals surface area contributed by atoms with E-state index in [4.69, 9.17) is 0 Å². The monoisotopic (exact) mass is 441 g/mol. The number of aliphatic imine (C=N–C) groups is 1. The normalized spacial score (nSPS) is 11.2. The Balaban J connectivity index is 1.98. The van der Waals surface area contributed by atoms with E-state index in [0.29, 0.717) is 30.3 Å². The fourth-order valence-electron chi connectivity index (χ4n) is 3.42. The number of guanidine groups is 1. The molecule has 0 heterocycles. The molecule has 6 nitrogen and oxygen atoms in total. The summed E-state index contributed by atoms with van der Waals surface area (Å²) in [7, 11) is 3.50. The standard InChI is InChI=1S/C25H36FN5O/c1-6-27-25(28-15-14-19-10-9-11-21(16-19)24(32)30(4)5)29-18-20-12-13-23(22(26)17-20)31(7-2)8-3/h9-13,16-17H,6-8,14-15,18H2,1-5H3,(H2,27,28,29). The van der Waals surface area contributed by atoms with E-state index in [-0.39, 0.29) is 11.7 Å². The number of nitrogens with one attached hydrogen (secondary N) is 2. The summed E-state index contributed by atoms with van der Waals surface area (Å²) in [5, 5.41) is 6.54. The van der Waals surface area contributed by atoms with Crippen LogP contribution in [0.4, 0.5) is 10.1 Å². The fourth-order valence-corrected chi connectivity index (χ4v) is 3.42. The van der Waals surface area contributed by atoms with Crippen LogP contribution in [0, 0.1) is 5.82 Å². The van der Waals surface area contributed by atoms with Gasteiger partial charge in [0.15, 0.2) is 5.96 Å². The second-order valence-electron chi connectivity index (χ2n) is 7.73. The van der Waals surface area contributed by atoms with Crippen molar-refractivity contribution in [3.05, 3.63) is 65.0 Å². The molecule has 0 aliphatic carbocycles. The van der Waals surface area contributed by atoms with Gasteiger partial charge in [-0.2, -0.15) is 0 Å². The number of nitrogens with zero attached hydrogens (tertiary/aromatic N) is 3. The average molecular weight is 442 g/mol. The first-order chi connectivity index (χ1) is 15.4. The van der Waals surface area contributed by atoms with Crippen LogP contribution >= 0.6 is 0 Å². The van der Waals surface area contributed by atoms with Crippen molar-refractivity contribution in [2.45, 2.75) is 33.7 Å². The summed E-state index contributed by atoms with van der Waals surface area (Å²) in [6, 6.07) is 13.0. The van der Waals surface area contributed by atoms with Crippen molar-refractivity contribution in [2.75, 3.05) is 45.2 Å². The minimum Gasteiger partial charge on any atom is -0.370 e. The zero-order valence-corrected chi connectivity index (χ0v) is 19.9. The SMILES string of the molecule is CCNC(=NCc1ccc(N(CC)CC)c(F)c1)NCCc1cccc(C(=O)N(C)C)c1. The van der Waals surface area contributed by atoms with E-state index in [2.05, 4.69) is 15.6 Å². The molecule has 0 aliphatic rings. The molecule has 1 amide bonds. The van der Waals surface area contributed by atoms with Gasteiger partial charge in [0.05, 0.1) is 12.2 Å². The molecule has 32 heavy (non-hydrogen) atoms. The first kappa shape index (κ1) is 25.2. The van der Waals surface area contributed by atoms with E-state index in [1.807, 2.05) is 62.1 Å². The van der Waals surface area contributed by atoms with Crippen molar-refractivity contribution in [1.29, 1.82) is 0 Å². The molecule has 0 atom stereocenters. The molecule has 2 aromatic rings. The Hall–Kier alpha value is -3.09. The van der Waals surface area contributed by atoms with Crippen LogP contribution in [0.15, 0.2) is 47.5 Å². The third-order valence-electron chi connectivity index (χ3n) is 5.17. The van der Waals surface area contributed by atoms with Gasteiger partial charge in [0, 0.05) is 45.8 Å². The van der Waals surface area contributed by atoms with Crippen LogP contribution in [0.2, 0.25) is 0 Å². The van der Waals surface area contributed by atoms with Gasteiger partial charge in [-0.15, -0.1) is 0 Å². The van der Waals surface area contributed by atoms with E-state index in [1.165, 1.54) is 0 Å². The molecule has 0 unspecified atom stereocenters. The smallest absolute Gasteiger partial charge is 0.253 e. The molecule has 0 aliphatic heterocycles. The lowest BCUT2D eigenvalue weighted by atomic mass is 10.1. The van der Waals surface area contributed by atoms with Gasteiger partial charge in [0.25, 0.3) is 5.91 Å². The van der Waals surface area contributed by atoms with Crippen LogP contribution in [0.5, 0.6) is 0 Å². The van der Waals surface area contributed by atoms with Gasteiger partial charge in [0.1, 0.15) is 5.82 Å². The molecule has 0 aromatic heterocycles. The van der Waals surface area contributed by atoms with Crippen molar-refractivity contribution >= 4 is 17.6 Å². The van der Waals surface area contributed by atoms with E-state index < -0.39 is 0 Å². The predicted octanol–water partition coefficient (Wildman–Crippen LogP) is 3.67. The number of amides is 1. The molecule has 7 heteroatoms. The summed E-state index contributed by atoms with van der Waals surface area (Å²) in [6.07, 6.45) is 0.756. The van der Waals surface area contributed by atoms with Gasteiger partial charge in [0.2, 0.25) is 0 Å². The average Bonchev–Trinajstić information content (AvgIpc) is 2.79. The minimum atomic E-state index is -0.216. The van der Waals surface area contributed by atoms with Gasteiger partial charge < -0.3 is 20.4 Å². The van der Waals surface area contributed by atoms with E-state index in [9.17, 15) is 9.18 Å². The summed E-state index contributed by atoms with van der Waals surface area (Å²) in [6.45, 7) is 9.37. The molecular formula is C25H36FN5O. The Bertz CT molecular complexity index is 909. The molecule has 0 saturated heterocycles. The Labute approximate surface area is 191 Å². The second kappa shape index (κ2) is 12.7. The van der Waals surface area contributed by atoms with Crippen LogP contribution < -0.4 is 15.5 Å². The summed E-state index contributed by atoms with van der Waals surface area (Å²) < 4.78 is 14.5. The van der Waals surface area contributed by atoms with Crippen molar-refractivity contribution in [1.82, 2.24) is 15.5 Å². The third-order valence-corrected chi connectivity index (χ3v) is 5.17. The Kier molecular flexibility index (Phi) is 9.98. The maximum atomic E-state index is 14.5. The maximum Gasteiger partial charge on any atom is 0.253 e. The lowest BCUT2D eigenvalue weighted by Crippen LogP contribution is -2.38. The zero-order valence-electron chi connectivity index (χ0n) is 19.9. The van der Waals surface area contributed by atoms with Gasteiger partial charge >= 0.3 is 0 Å². The van der Waals surface area contributed by atoms with E-state index in [1.54, 1.807) is 25.1 Å². The van der Waals surface area contributed by atoms with E-state index >= 15 is 0 Å². The molecule has 0 saturated carbocycles. The number of carbonyl (C=O) groups is 1. The quantitative estimate of drug-likeness (QED) is 0.436. The topological polar surface area (TPSA) is 60.0 Å². The van der Waals surface area contributed by atoms with Gasteiger partial charge in [-0.05, 0) is 62.6 Å². The van der Waals surface area contributed by atoms with Crippen molar-refractivity contribution in [3.63, 3.8) is 0 Å². The highest BCUT2D eigenvalue weighted by molar-refractivity contribution is 5.94. The first-order valence-electron chi connectivity index (χ1n) is 11.3. The molecule has 0 spiro atoms. The molecule has 0 radical (unpaired) electrons. The largest absolute Gasteiger partial charge is 0.370 e.